The third-order valence-electron chi connectivity index (χ3n) is 3.07. The lowest BCUT2D eigenvalue weighted by atomic mass is 10.1. The lowest BCUT2D eigenvalue weighted by Gasteiger charge is -2.23. The number of piperidine rings is 1. The molecule has 0 saturated carbocycles. The standard InChI is InChI=1S/C13H14BrClN2O2/c1-7-4-8(5-10(15)12(7)14)13(19)17-9-2-3-11(18)16-6-9/h4-5,9H,2-3,6H2,1H3,(H,16,18)(H,17,19)/t9-/m0/s1. The van der Waals surface area contributed by atoms with Gasteiger partial charge in [-0.25, -0.2) is 0 Å². The van der Waals surface area contributed by atoms with Crippen molar-refractivity contribution in [1.82, 2.24) is 10.6 Å². The predicted molar refractivity (Wildman–Crippen MR) is 77.4 cm³/mol. The quantitative estimate of drug-likeness (QED) is 0.865. The van der Waals surface area contributed by atoms with Crippen molar-refractivity contribution in [2.75, 3.05) is 6.54 Å². The van der Waals surface area contributed by atoms with E-state index in [0.717, 1.165) is 10.0 Å². The summed E-state index contributed by atoms with van der Waals surface area (Å²) in [5.41, 5.74) is 1.44. The van der Waals surface area contributed by atoms with E-state index >= 15 is 0 Å². The van der Waals surface area contributed by atoms with Gasteiger partial charge in [-0.05, 0) is 47.0 Å². The first-order valence-corrected chi connectivity index (χ1v) is 7.17. The largest absolute Gasteiger partial charge is 0.354 e. The molecule has 1 saturated heterocycles. The van der Waals surface area contributed by atoms with E-state index in [1.165, 1.54) is 0 Å². The molecule has 1 aromatic rings. The highest BCUT2D eigenvalue weighted by molar-refractivity contribution is 9.10. The molecular formula is C13H14BrClN2O2. The molecule has 1 atom stereocenters. The summed E-state index contributed by atoms with van der Waals surface area (Å²) in [5, 5.41) is 6.15. The molecule has 6 heteroatoms. The zero-order valence-corrected chi connectivity index (χ0v) is 12.8. The molecule has 102 valence electrons. The highest BCUT2D eigenvalue weighted by atomic mass is 79.9. The van der Waals surface area contributed by atoms with Gasteiger partial charge in [0.05, 0.1) is 5.02 Å². The third-order valence-corrected chi connectivity index (χ3v) is 4.65. The molecule has 0 unspecified atom stereocenters. The molecule has 0 aromatic heterocycles. The first-order chi connectivity index (χ1) is 8.97. The molecule has 1 aromatic carbocycles. The summed E-state index contributed by atoms with van der Waals surface area (Å²) in [6.45, 7) is 2.36. The lowest BCUT2D eigenvalue weighted by Crippen LogP contribution is -2.47. The van der Waals surface area contributed by atoms with Crippen LogP contribution in [0, 0.1) is 6.92 Å². The van der Waals surface area contributed by atoms with Crippen LogP contribution in [0.5, 0.6) is 0 Å². The zero-order valence-electron chi connectivity index (χ0n) is 10.4. The highest BCUT2D eigenvalue weighted by Crippen LogP contribution is 2.27. The van der Waals surface area contributed by atoms with E-state index in [1.54, 1.807) is 12.1 Å². The molecule has 2 amide bonds. The highest BCUT2D eigenvalue weighted by Gasteiger charge is 2.20. The van der Waals surface area contributed by atoms with Crippen LogP contribution < -0.4 is 10.6 Å². The number of rotatable bonds is 2. The average molecular weight is 346 g/mol. The van der Waals surface area contributed by atoms with Crippen LogP contribution in [0.25, 0.3) is 0 Å². The Morgan fingerprint density at radius 2 is 2.26 bits per heavy atom. The van der Waals surface area contributed by atoms with Crippen molar-refractivity contribution >= 4 is 39.3 Å². The number of halogens is 2. The fourth-order valence-electron chi connectivity index (χ4n) is 1.98. The van der Waals surface area contributed by atoms with Crippen LogP contribution in [0.15, 0.2) is 16.6 Å². The van der Waals surface area contributed by atoms with Crippen molar-refractivity contribution in [1.29, 1.82) is 0 Å². The Kier molecular flexibility index (Phi) is 4.47. The summed E-state index contributed by atoms with van der Waals surface area (Å²) in [4.78, 5) is 23.2. The Bertz CT molecular complexity index is 500. The molecule has 0 aliphatic carbocycles. The van der Waals surface area contributed by atoms with Crippen LogP contribution in [0.4, 0.5) is 0 Å². The molecule has 0 spiro atoms. The van der Waals surface area contributed by atoms with Gasteiger partial charge in [0.15, 0.2) is 0 Å². The van der Waals surface area contributed by atoms with Crippen LogP contribution in [0.3, 0.4) is 0 Å². The average Bonchev–Trinajstić information content (AvgIpc) is 2.38. The Morgan fingerprint density at radius 3 is 2.84 bits per heavy atom. The minimum atomic E-state index is -0.168. The summed E-state index contributed by atoms with van der Waals surface area (Å²) >= 11 is 9.40. The minimum absolute atomic E-state index is 0.0204. The van der Waals surface area contributed by atoms with Crippen molar-refractivity contribution < 1.29 is 9.59 Å². The summed E-state index contributed by atoms with van der Waals surface area (Å²) < 4.78 is 0.802. The summed E-state index contributed by atoms with van der Waals surface area (Å²) in [6, 6.07) is 3.40. The maximum Gasteiger partial charge on any atom is 0.251 e. The minimum Gasteiger partial charge on any atom is -0.354 e. The SMILES string of the molecule is Cc1cc(C(=O)N[C@H]2CCC(=O)NC2)cc(Cl)c1Br. The molecular weight excluding hydrogens is 332 g/mol. The predicted octanol–water partition coefficient (Wildman–Crippen LogP) is 2.42. The van der Waals surface area contributed by atoms with Crippen LogP contribution in [0.2, 0.25) is 5.02 Å². The number of hydrogen-bond acceptors (Lipinski definition) is 2. The number of carbonyl (C=O) groups is 2. The number of amides is 2. The number of aryl methyl sites for hydroxylation is 1. The summed E-state index contributed by atoms with van der Waals surface area (Å²) in [5.74, 6) is -0.133. The molecule has 2 N–H and O–H groups in total. The fourth-order valence-corrected chi connectivity index (χ4v) is 2.48. The van der Waals surface area contributed by atoms with E-state index < -0.39 is 0 Å². The van der Waals surface area contributed by atoms with Gasteiger partial charge in [0.2, 0.25) is 5.91 Å². The molecule has 1 aliphatic rings. The zero-order chi connectivity index (χ0) is 14.0. The molecule has 1 fully saturated rings. The van der Waals surface area contributed by atoms with Gasteiger partial charge in [0.25, 0.3) is 5.91 Å². The van der Waals surface area contributed by atoms with Crippen LogP contribution >= 0.6 is 27.5 Å². The van der Waals surface area contributed by atoms with E-state index in [-0.39, 0.29) is 17.9 Å². The van der Waals surface area contributed by atoms with Crippen molar-refractivity contribution in [2.24, 2.45) is 0 Å². The van der Waals surface area contributed by atoms with E-state index in [2.05, 4.69) is 26.6 Å². The van der Waals surface area contributed by atoms with Gasteiger partial charge < -0.3 is 10.6 Å². The van der Waals surface area contributed by atoms with Crippen LogP contribution in [-0.2, 0) is 4.79 Å². The first-order valence-electron chi connectivity index (χ1n) is 6.00. The van der Waals surface area contributed by atoms with Gasteiger partial charge >= 0.3 is 0 Å². The van der Waals surface area contributed by atoms with Crippen molar-refractivity contribution in [3.63, 3.8) is 0 Å². The summed E-state index contributed by atoms with van der Waals surface area (Å²) in [7, 11) is 0. The van der Waals surface area contributed by atoms with E-state index in [4.69, 9.17) is 11.6 Å². The van der Waals surface area contributed by atoms with Crippen LogP contribution in [-0.4, -0.2) is 24.4 Å². The van der Waals surface area contributed by atoms with Crippen molar-refractivity contribution in [2.45, 2.75) is 25.8 Å². The van der Waals surface area contributed by atoms with Gasteiger partial charge in [-0.2, -0.15) is 0 Å². The Balaban J connectivity index is 2.06. The Hall–Kier alpha value is -1.07. The normalized spacial score (nSPS) is 18.9. The maximum atomic E-state index is 12.1. The molecule has 1 heterocycles. The second-order valence-corrected chi connectivity index (χ2v) is 5.80. The maximum absolute atomic E-state index is 12.1. The lowest BCUT2D eigenvalue weighted by molar-refractivity contribution is -0.122. The van der Waals surface area contributed by atoms with Crippen molar-refractivity contribution in [3.8, 4) is 0 Å². The second-order valence-electron chi connectivity index (χ2n) is 4.60. The monoisotopic (exact) mass is 344 g/mol. The fraction of sp³-hybridized carbons (Fsp3) is 0.385. The van der Waals surface area contributed by atoms with E-state index in [0.29, 0.717) is 30.0 Å². The van der Waals surface area contributed by atoms with Crippen LogP contribution in [0.1, 0.15) is 28.8 Å². The second kappa shape index (κ2) is 5.92. The number of carbonyl (C=O) groups excluding carboxylic acids is 2. The smallest absolute Gasteiger partial charge is 0.251 e. The summed E-state index contributed by atoms with van der Waals surface area (Å²) in [6.07, 6.45) is 1.12. The van der Waals surface area contributed by atoms with Gasteiger partial charge in [0.1, 0.15) is 0 Å². The molecule has 1 aliphatic heterocycles. The number of nitrogens with one attached hydrogen (secondary N) is 2. The van der Waals surface area contributed by atoms with Gasteiger partial charge in [-0.15, -0.1) is 0 Å². The molecule has 0 radical (unpaired) electrons. The molecule has 19 heavy (non-hydrogen) atoms. The molecule has 4 nitrogen and oxygen atoms in total. The van der Waals surface area contributed by atoms with Crippen molar-refractivity contribution in [3.05, 3.63) is 32.8 Å². The van der Waals surface area contributed by atoms with E-state index in [1.807, 2.05) is 6.92 Å². The Morgan fingerprint density at radius 1 is 1.53 bits per heavy atom. The van der Waals surface area contributed by atoms with Gasteiger partial charge in [0, 0.05) is 29.0 Å². The van der Waals surface area contributed by atoms with Gasteiger partial charge in [-0.3, -0.25) is 9.59 Å². The third kappa shape index (κ3) is 3.48. The molecule has 0 bridgehead atoms. The number of hydrogen-bond donors (Lipinski definition) is 2. The Labute approximate surface area is 125 Å². The topological polar surface area (TPSA) is 58.2 Å². The number of benzene rings is 1. The van der Waals surface area contributed by atoms with Gasteiger partial charge in [-0.1, -0.05) is 11.6 Å². The van der Waals surface area contributed by atoms with E-state index in [9.17, 15) is 9.59 Å². The first kappa shape index (κ1) is 14.3. The molecule has 2 rings (SSSR count).